The monoisotopic (exact) mass is 366 g/mol. The van der Waals surface area contributed by atoms with Crippen molar-refractivity contribution in [2.24, 2.45) is 0 Å². The molecule has 7 nitrogen and oxygen atoms in total. The van der Waals surface area contributed by atoms with Crippen LogP contribution >= 0.6 is 0 Å². The highest BCUT2D eigenvalue weighted by molar-refractivity contribution is 5.74. The molecule has 7 heteroatoms. The topological polar surface area (TPSA) is 67.5 Å². The minimum Gasteiger partial charge on any atom is -0.332 e. The molecule has 142 valence electrons. The van der Waals surface area contributed by atoms with Crippen LogP contribution in [0.2, 0.25) is 0 Å². The van der Waals surface area contributed by atoms with E-state index >= 15 is 0 Å². The Balaban J connectivity index is 1.36. The van der Waals surface area contributed by atoms with Gasteiger partial charge in [0.25, 0.3) is 0 Å². The number of aryl methyl sites for hydroxylation is 2. The van der Waals surface area contributed by atoms with Crippen LogP contribution in [-0.2, 0) is 13.1 Å². The molecule has 0 saturated carbocycles. The summed E-state index contributed by atoms with van der Waals surface area (Å²) in [7, 11) is 0. The number of rotatable bonds is 5. The molecule has 4 rings (SSSR count). The summed E-state index contributed by atoms with van der Waals surface area (Å²) in [6, 6.07) is 6.25. The van der Waals surface area contributed by atoms with Crippen LogP contribution in [0, 0.1) is 6.92 Å². The summed E-state index contributed by atoms with van der Waals surface area (Å²) >= 11 is 0. The lowest BCUT2D eigenvalue weighted by Gasteiger charge is -2.35. The number of likely N-dealkylation sites (tertiary alicyclic amines) is 1. The molecule has 1 fully saturated rings. The molecule has 27 heavy (non-hydrogen) atoms. The molecule has 1 aliphatic heterocycles. The number of urea groups is 1. The van der Waals surface area contributed by atoms with Crippen molar-refractivity contribution in [3.8, 4) is 0 Å². The minimum absolute atomic E-state index is 0.00778. The van der Waals surface area contributed by atoms with E-state index in [4.69, 9.17) is 0 Å². The molecule has 2 amide bonds. The number of pyridine rings is 1. The summed E-state index contributed by atoms with van der Waals surface area (Å²) in [5.74, 6) is 0. The quantitative estimate of drug-likeness (QED) is 0.755. The molecule has 0 bridgehead atoms. The smallest absolute Gasteiger partial charge is 0.317 e. The summed E-state index contributed by atoms with van der Waals surface area (Å²) in [6.07, 6.45) is 12.0. The molecule has 1 atom stereocenters. The predicted octanol–water partition coefficient (Wildman–Crippen LogP) is 2.99. The fourth-order valence-electron chi connectivity index (χ4n) is 3.79. The molecule has 0 aliphatic carbocycles. The van der Waals surface area contributed by atoms with Crippen molar-refractivity contribution in [2.45, 2.75) is 51.7 Å². The van der Waals surface area contributed by atoms with Crippen molar-refractivity contribution in [3.63, 3.8) is 0 Å². The summed E-state index contributed by atoms with van der Waals surface area (Å²) < 4.78 is 3.94. The number of piperidine rings is 1. The van der Waals surface area contributed by atoms with Crippen LogP contribution in [0.1, 0.15) is 36.9 Å². The number of hydrogen-bond acceptors (Lipinski definition) is 3. The standard InChI is InChI=1S/C20H26N6O/c1-16-6-7-19-23-17(15-24(19)14-16)13-21-20(27)26-11-3-2-5-18(26)8-12-25-10-4-9-22-25/h4,6-7,9-10,14-15,18H,2-3,5,8,11-13H2,1H3,(H,21,27)/t18-/m1/s1. The van der Waals surface area contributed by atoms with Gasteiger partial charge in [-0.3, -0.25) is 4.68 Å². The number of aromatic nitrogens is 4. The van der Waals surface area contributed by atoms with Crippen LogP contribution in [-0.4, -0.2) is 42.7 Å². The van der Waals surface area contributed by atoms with E-state index in [2.05, 4.69) is 22.3 Å². The lowest BCUT2D eigenvalue weighted by Crippen LogP contribution is -2.48. The minimum atomic E-state index is 0.00778. The molecule has 3 aromatic rings. The third-order valence-corrected chi connectivity index (χ3v) is 5.21. The van der Waals surface area contributed by atoms with Crippen LogP contribution in [0.25, 0.3) is 5.65 Å². The first kappa shape index (κ1) is 17.6. The van der Waals surface area contributed by atoms with Gasteiger partial charge in [0.1, 0.15) is 5.65 Å². The van der Waals surface area contributed by atoms with Crippen LogP contribution in [0.3, 0.4) is 0 Å². The Morgan fingerprint density at radius 2 is 2.22 bits per heavy atom. The van der Waals surface area contributed by atoms with E-state index in [1.54, 1.807) is 6.20 Å². The summed E-state index contributed by atoms with van der Waals surface area (Å²) in [4.78, 5) is 19.3. The summed E-state index contributed by atoms with van der Waals surface area (Å²) in [5, 5.41) is 7.32. The lowest BCUT2D eigenvalue weighted by atomic mass is 10.00. The first-order chi connectivity index (χ1) is 13.2. The Morgan fingerprint density at radius 3 is 3.07 bits per heavy atom. The SMILES string of the molecule is Cc1ccc2nc(CNC(=O)N3CCCC[C@@H]3CCn3cccn3)cn2c1. The van der Waals surface area contributed by atoms with Gasteiger partial charge in [0.05, 0.1) is 12.2 Å². The van der Waals surface area contributed by atoms with Gasteiger partial charge < -0.3 is 14.6 Å². The maximum absolute atomic E-state index is 12.8. The van der Waals surface area contributed by atoms with Gasteiger partial charge in [-0.05, 0) is 50.3 Å². The highest BCUT2D eigenvalue weighted by Crippen LogP contribution is 2.20. The normalized spacial score (nSPS) is 17.4. The van der Waals surface area contributed by atoms with Crippen LogP contribution in [0.5, 0.6) is 0 Å². The molecular formula is C20H26N6O. The maximum atomic E-state index is 12.8. The van der Waals surface area contributed by atoms with E-state index in [1.807, 2.05) is 50.8 Å². The molecule has 0 unspecified atom stereocenters. The number of fused-ring (bicyclic) bond motifs is 1. The molecule has 0 radical (unpaired) electrons. The van der Waals surface area contributed by atoms with Crippen LogP contribution in [0.4, 0.5) is 4.79 Å². The fraction of sp³-hybridized carbons (Fsp3) is 0.450. The second-order valence-electron chi connectivity index (χ2n) is 7.26. The van der Waals surface area contributed by atoms with Gasteiger partial charge >= 0.3 is 6.03 Å². The lowest BCUT2D eigenvalue weighted by molar-refractivity contribution is 0.143. The van der Waals surface area contributed by atoms with Crippen molar-refractivity contribution in [3.05, 3.63) is 54.2 Å². The second-order valence-corrected chi connectivity index (χ2v) is 7.26. The molecule has 3 aromatic heterocycles. The third-order valence-electron chi connectivity index (χ3n) is 5.21. The Hall–Kier alpha value is -2.83. The van der Waals surface area contributed by atoms with E-state index in [9.17, 15) is 4.79 Å². The Morgan fingerprint density at radius 1 is 1.30 bits per heavy atom. The first-order valence-electron chi connectivity index (χ1n) is 9.65. The second kappa shape index (κ2) is 7.82. The molecule has 1 N–H and O–H groups in total. The van der Waals surface area contributed by atoms with Crippen molar-refractivity contribution >= 4 is 11.7 Å². The fourth-order valence-corrected chi connectivity index (χ4v) is 3.79. The average Bonchev–Trinajstić information content (AvgIpc) is 3.33. The number of amides is 2. The van der Waals surface area contributed by atoms with Gasteiger partial charge in [-0.15, -0.1) is 0 Å². The van der Waals surface area contributed by atoms with E-state index < -0.39 is 0 Å². The van der Waals surface area contributed by atoms with Crippen LogP contribution < -0.4 is 5.32 Å². The zero-order valence-electron chi connectivity index (χ0n) is 15.7. The van der Waals surface area contributed by atoms with Gasteiger partial charge in [0.2, 0.25) is 0 Å². The number of hydrogen-bond donors (Lipinski definition) is 1. The largest absolute Gasteiger partial charge is 0.332 e. The predicted molar refractivity (Wildman–Crippen MR) is 103 cm³/mol. The van der Waals surface area contributed by atoms with Crippen LogP contribution in [0.15, 0.2) is 43.0 Å². The highest BCUT2D eigenvalue weighted by atomic mass is 16.2. The van der Waals surface area contributed by atoms with Gasteiger partial charge in [-0.2, -0.15) is 5.10 Å². The number of carbonyl (C=O) groups is 1. The molecule has 1 aliphatic rings. The zero-order chi connectivity index (χ0) is 18.6. The van der Waals surface area contributed by atoms with Gasteiger partial charge in [0, 0.05) is 43.9 Å². The van der Waals surface area contributed by atoms with Gasteiger partial charge in [-0.1, -0.05) is 6.07 Å². The number of imidazole rings is 1. The number of nitrogens with zero attached hydrogens (tertiary/aromatic N) is 5. The Labute approximate surface area is 159 Å². The molecular weight excluding hydrogens is 340 g/mol. The van der Waals surface area contributed by atoms with Gasteiger partial charge in [0.15, 0.2) is 0 Å². The zero-order valence-corrected chi connectivity index (χ0v) is 15.7. The summed E-state index contributed by atoms with van der Waals surface area (Å²) in [5.41, 5.74) is 2.96. The van der Waals surface area contributed by atoms with E-state index in [-0.39, 0.29) is 12.1 Å². The van der Waals surface area contributed by atoms with Gasteiger partial charge in [-0.25, -0.2) is 9.78 Å². The molecule has 0 aromatic carbocycles. The molecule has 0 spiro atoms. The first-order valence-corrected chi connectivity index (χ1v) is 9.65. The number of carbonyl (C=O) groups excluding carboxylic acids is 1. The third kappa shape index (κ3) is 4.13. The van der Waals surface area contributed by atoms with E-state index in [0.29, 0.717) is 6.54 Å². The molecule has 1 saturated heterocycles. The highest BCUT2D eigenvalue weighted by Gasteiger charge is 2.26. The van der Waals surface area contributed by atoms with Crippen molar-refractivity contribution in [2.75, 3.05) is 6.54 Å². The van der Waals surface area contributed by atoms with Crippen molar-refractivity contribution in [1.82, 2.24) is 29.4 Å². The van der Waals surface area contributed by atoms with Crippen molar-refractivity contribution in [1.29, 1.82) is 0 Å². The van der Waals surface area contributed by atoms with Crippen molar-refractivity contribution < 1.29 is 4.79 Å². The average molecular weight is 366 g/mol. The summed E-state index contributed by atoms with van der Waals surface area (Å²) in [6.45, 7) is 4.16. The number of nitrogens with one attached hydrogen (secondary N) is 1. The maximum Gasteiger partial charge on any atom is 0.317 e. The van der Waals surface area contributed by atoms with E-state index in [1.165, 1.54) is 12.0 Å². The molecule has 4 heterocycles. The Bertz CT molecular complexity index is 900. The Kier molecular flexibility index (Phi) is 5.09. The van der Waals surface area contributed by atoms with E-state index in [0.717, 1.165) is 43.7 Å².